The van der Waals surface area contributed by atoms with Crippen LogP contribution in [0.2, 0.25) is 0 Å². The van der Waals surface area contributed by atoms with Crippen molar-refractivity contribution >= 4 is 22.9 Å². The minimum atomic E-state index is 0.586. The van der Waals surface area contributed by atoms with Gasteiger partial charge in [0, 0.05) is 17.9 Å². The van der Waals surface area contributed by atoms with E-state index in [1.54, 1.807) is 7.11 Å². The number of methoxy groups -OCH3 is 1. The molecule has 0 spiro atoms. The lowest BCUT2D eigenvalue weighted by molar-refractivity contribution is 0.415. The Morgan fingerprint density at radius 3 is 3.26 bits per heavy atom. The van der Waals surface area contributed by atoms with Crippen molar-refractivity contribution in [2.45, 2.75) is 25.4 Å². The summed E-state index contributed by atoms with van der Waals surface area (Å²) in [4.78, 5) is 4.49. The standard InChI is InChI=1S/C14H18N2O2S/c1-17-11-4-5-13-12(7-11)16-14(18-13)8-15-10-3-2-6-19-9-10/h4-5,7,10,15H,2-3,6,8-9H2,1H3. The number of thioether (sulfide) groups is 1. The molecule has 5 heteroatoms. The number of rotatable bonds is 4. The molecule has 1 unspecified atom stereocenters. The summed E-state index contributed by atoms with van der Waals surface area (Å²) in [6.07, 6.45) is 2.55. The molecule has 102 valence electrons. The van der Waals surface area contributed by atoms with E-state index < -0.39 is 0 Å². The summed E-state index contributed by atoms with van der Waals surface area (Å²) in [5.74, 6) is 4.04. The van der Waals surface area contributed by atoms with Crippen LogP contribution in [0.5, 0.6) is 5.75 Å². The number of nitrogens with zero attached hydrogens (tertiary/aromatic N) is 1. The molecule has 3 rings (SSSR count). The first-order valence-corrected chi connectivity index (χ1v) is 7.75. The predicted octanol–water partition coefficient (Wildman–Crippen LogP) is 2.82. The van der Waals surface area contributed by atoms with E-state index in [1.165, 1.54) is 24.3 Å². The van der Waals surface area contributed by atoms with Crippen LogP contribution < -0.4 is 10.1 Å². The molecule has 0 aliphatic carbocycles. The first-order chi connectivity index (χ1) is 9.35. The Bertz CT molecular complexity index is 549. The molecular formula is C14H18N2O2S. The van der Waals surface area contributed by atoms with Crippen LogP contribution in [-0.2, 0) is 6.54 Å². The van der Waals surface area contributed by atoms with Crippen LogP contribution in [0.3, 0.4) is 0 Å². The van der Waals surface area contributed by atoms with Gasteiger partial charge in [0.1, 0.15) is 11.3 Å². The van der Waals surface area contributed by atoms with E-state index in [-0.39, 0.29) is 0 Å². The topological polar surface area (TPSA) is 47.3 Å². The van der Waals surface area contributed by atoms with Gasteiger partial charge in [0.25, 0.3) is 0 Å². The first kappa shape index (κ1) is 12.8. The van der Waals surface area contributed by atoms with Gasteiger partial charge in [-0.3, -0.25) is 0 Å². The lowest BCUT2D eigenvalue weighted by atomic mass is 10.2. The second kappa shape index (κ2) is 5.84. The van der Waals surface area contributed by atoms with Crippen LogP contribution in [0.25, 0.3) is 11.1 Å². The molecule has 1 saturated heterocycles. The third-order valence-corrected chi connectivity index (χ3v) is 4.56. The molecule has 0 saturated carbocycles. The summed E-state index contributed by atoms with van der Waals surface area (Å²) in [7, 11) is 1.66. The van der Waals surface area contributed by atoms with Gasteiger partial charge in [-0.05, 0) is 30.7 Å². The van der Waals surface area contributed by atoms with E-state index in [2.05, 4.69) is 10.3 Å². The van der Waals surface area contributed by atoms with Crippen LogP contribution in [-0.4, -0.2) is 29.6 Å². The smallest absolute Gasteiger partial charge is 0.209 e. The molecule has 0 bridgehead atoms. The van der Waals surface area contributed by atoms with Crippen LogP contribution in [0.4, 0.5) is 0 Å². The van der Waals surface area contributed by atoms with E-state index in [0.29, 0.717) is 12.6 Å². The number of aromatic nitrogens is 1. The van der Waals surface area contributed by atoms with Crippen molar-refractivity contribution in [2.75, 3.05) is 18.6 Å². The Morgan fingerprint density at radius 1 is 1.53 bits per heavy atom. The molecule has 1 aliphatic heterocycles. The number of benzene rings is 1. The largest absolute Gasteiger partial charge is 0.497 e. The van der Waals surface area contributed by atoms with Crippen molar-refractivity contribution in [2.24, 2.45) is 0 Å². The average molecular weight is 278 g/mol. The van der Waals surface area contributed by atoms with Crippen LogP contribution >= 0.6 is 11.8 Å². The molecule has 0 radical (unpaired) electrons. The summed E-state index contributed by atoms with van der Waals surface area (Å²) < 4.78 is 10.9. The van der Waals surface area contributed by atoms with Crippen molar-refractivity contribution in [3.8, 4) is 5.75 Å². The maximum Gasteiger partial charge on any atom is 0.209 e. The van der Waals surface area contributed by atoms with Gasteiger partial charge >= 0.3 is 0 Å². The van der Waals surface area contributed by atoms with Gasteiger partial charge in [-0.15, -0.1) is 0 Å². The molecule has 4 nitrogen and oxygen atoms in total. The third-order valence-electron chi connectivity index (χ3n) is 3.34. The maximum absolute atomic E-state index is 5.72. The zero-order valence-electron chi connectivity index (χ0n) is 11.0. The molecule has 19 heavy (non-hydrogen) atoms. The molecule has 2 aromatic rings. The second-order valence-corrected chi connectivity index (χ2v) is 5.89. The van der Waals surface area contributed by atoms with Gasteiger partial charge < -0.3 is 14.5 Å². The molecule has 1 aromatic carbocycles. The van der Waals surface area contributed by atoms with Crippen LogP contribution in [0.1, 0.15) is 18.7 Å². The number of nitrogens with one attached hydrogen (secondary N) is 1. The highest BCUT2D eigenvalue weighted by molar-refractivity contribution is 7.99. The minimum absolute atomic E-state index is 0.586. The lowest BCUT2D eigenvalue weighted by Gasteiger charge is -2.21. The number of fused-ring (bicyclic) bond motifs is 1. The van der Waals surface area contributed by atoms with Crippen molar-refractivity contribution < 1.29 is 9.15 Å². The summed E-state index contributed by atoms with van der Waals surface area (Å²) in [5, 5.41) is 3.52. The minimum Gasteiger partial charge on any atom is -0.497 e. The Balaban J connectivity index is 1.67. The van der Waals surface area contributed by atoms with Crippen molar-refractivity contribution in [3.63, 3.8) is 0 Å². The summed E-state index contributed by atoms with van der Waals surface area (Å²) in [5.41, 5.74) is 1.67. The summed E-state index contributed by atoms with van der Waals surface area (Å²) in [6.45, 7) is 0.697. The second-order valence-electron chi connectivity index (χ2n) is 4.74. The Labute approximate surface area is 116 Å². The monoisotopic (exact) mass is 278 g/mol. The fourth-order valence-electron chi connectivity index (χ4n) is 2.29. The van der Waals surface area contributed by atoms with Gasteiger partial charge in [-0.1, -0.05) is 0 Å². The molecular weight excluding hydrogens is 260 g/mol. The Hall–Kier alpha value is -1.20. The molecule has 1 N–H and O–H groups in total. The molecule has 1 aromatic heterocycles. The number of hydrogen-bond acceptors (Lipinski definition) is 5. The Kier molecular flexibility index (Phi) is 3.94. The van der Waals surface area contributed by atoms with Crippen molar-refractivity contribution in [1.82, 2.24) is 10.3 Å². The zero-order chi connectivity index (χ0) is 13.1. The average Bonchev–Trinajstić information content (AvgIpc) is 2.88. The van der Waals surface area contributed by atoms with Gasteiger partial charge in [0.2, 0.25) is 5.89 Å². The quantitative estimate of drug-likeness (QED) is 0.932. The van der Waals surface area contributed by atoms with Gasteiger partial charge in [-0.2, -0.15) is 11.8 Å². The Morgan fingerprint density at radius 2 is 2.47 bits per heavy atom. The van der Waals surface area contributed by atoms with Gasteiger partial charge in [-0.25, -0.2) is 4.98 Å². The van der Waals surface area contributed by atoms with Gasteiger partial charge in [0.05, 0.1) is 13.7 Å². The van der Waals surface area contributed by atoms with Crippen LogP contribution in [0.15, 0.2) is 22.6 Å². The predicted molar refractivity (Wildman–Crippen MR) is 77.7 cm³/mol. The van der Waals surface area contributed by atoms with E-state index in [1.807, 2.05) is 30.0 Å². The normalized spacial score (nSPS) is 19.7. The van der Waals surface area contributed by atoms with E-state index in [0.717, 1.165) is 22.7 Å². The highest BCUT2D eigenvalue weighted by Gasteiger charge is 2.14. The third kappa shape index (κ3) is 3.04. The summed E-state index contributed by atoms with van der Waals surface area (Å²) >= 11 is 2.02. The molecule has 1 aliphatic rings. The van der Waals surface area contributed by atoms with E-state index in [9.17, 15) is 0 Å². The van der Waals surface area contributed by atoms with E-state index >= 15 is 0 Å². The fraction of sp³-hybridized carbons (Fsp3) is 0.500. The SMILES string of the molecule is COc1ccc2oc(CNC3CCCSC3)nc2c1. The number of oxazole rings is 1. The van der Waals surface area contributed by atoms with Crippen molar-refractivity contribution in [3.05, 3.63) is 24.1 Å². The highest BCUT2D eigenvalue weighted by atomic mass is 32.2. The number of ether oxygens (including phenoxy) is 1. The number of hydrogen-bond donors (Lipinski definition) is 1. The van der Waals surface area contributed by atoms with Crippen LogP contribution in [0, 0.1) is 0 Å². The first-order valence-electron chi connectivity index (χ1n) is 6.60. The molecule has 0 amide bonds. The summed E-state index contributed by atoms with van der Waals surface area (Å²) in [6, 6.07) is 6.28. The van der Waals surface area contributed by atoms with E-state index in [4.69, 9.17) is 9.15 Å². The fourth-order valence-corrected chi connectivity index (χ4v) is 3.40. The molecule has 2 heterocycles. The maximum atomic E-state index is 5.72. The molecule has 1 fully saturated rings. The van der Waals surface area contributed by atoms with Crippen molar-refractivity contribution in [1.29, 1.82) is 0 Å². The zero-order valence-corrected chi connectivity index (χ0v) is 11.8. The lowest BCUT2D eigenvalue weighted by Crippen LogP contribution is -2.33. The molecule has 1 atom stereocenters. The highest BCUT2D eigenvalue weighted by Crippen LogP contribution is 2.22. The van der Waals surface area contributed by atoms with Gasteiger partial charge in [0.15, 0.2) is 5.58 Å².